The van der Waals surface area contributed by atoms with Crippen molar-refractivity contribution in [3.63, 3.8) is 0 Å². The number of hydrogen-bond donors (Lipinski definition) is 1. The molecule has 0 spiro atoms. The van der Waals surface area contributed by atoms with Gasteiger partial charge in [-0.05, 0) is 19.3 Å². The molecule has 1 heterocycles. The molecule has 0 aromatic carbocycles. The number of nitrogens with two attached hydrogens (primary N) is 1. The van der Waals surface area contributed by atoms with Crippen LogP contribution >= 0.6 is 0 Å². The van der Waals surface area contributed by atoms with Crippen molar-refractivity contribution >= 4 is 5.69 Å². The molecule has 2 atom stereocenters. The van der Waals surface area contributed by atoms with Crippen molar-refractivity contribution in [2.75, 3.05) is 12.8 Å². The summed E-state index contributed by atoms with van der Waals surface area (Å²) in [5.41, 5.74) is 6.05. The lowest BCUT2D eigenvalue weighted by atomic mass is 9.95. The number of ether oxygens (including phenoxy) is 2. The second kappa shape index (κ2) is 5.12. The van der Waals surface area contributed by atoms with Crippen LogP contribution in [0.5, 0.6) is 6.01 Å². The zero-order valence-corrected chi connectivity index (χ0v) is 9.43. The summed E-state index contributed by atoms with van der Waals surface area (Å²) in [5.74, 6) is 0. The van der Waals surface area contributed by atoms with E-state index in [-0.39, 0.29) is 6.10 Å². The molecule has 1 saturated carbocycles. The second-order valence-corrected chi connectivity index (χ2v) is 4.06. The van der Waals surface area contributed by atoms with Gasteiger partial charge in [0.05, 0.1) is 24.2 Å². The van der Waals surface area contributed by atoms with Crippen molar-refractivity contribution in [3.05, 3.63) is 12.4 Å². The van der Waals surface area contributed by atoms with Crippen LogP contribution in [0.1, 0.15) is 25.7 Å². The Kier molecular flexibility index (Phi) is 3.56. The first-order valence-electron chi connectivity index (χ1n) is 5.55. The largest absolute Gasteiger partial charge is 0.460 e. The molecule has 0 radical (unpaired) electrons. The molecular weight excluding hydrogens is 206 g/mol. The van der Waals surface area contributed by atoms with E-state index in [1.54, 1.807) is 19.5 Å². The van der Waals surface area contributed by atoms with Gasteiger partial charge in [-0.15, -0.1) is 0 Å². The highest BCUT2D eigenvalue weighted by atomic mass is 16.5. The molecule has 1 aromatic heterocycles. The highest BCUT2D eigenvalue weighted by Gasteiger charge is 2.23. The van der Waals surface area contributed by atoms with E-state index < -0.39 is 0 Å². The van der Waals surface area contributed by atoms with Gasteiger partial charge in [-0.3, -0.25) is 0 Å². The highest BCUT2D eigenvalue weighted by Crippen LogP contribution is 2.23. The van der Waals surface area contributed by atoms with Gasteiger partial charge in [-0.2, -0.15) is 0 Å². The van der Waals surface area contributed by atoms with Crippen LogP contribution in [0.3, 0.4) is 0 Å². The van der Waals surface area contributed by atoms with Crippen molar-refractivity contribution in [1.82, 2.24) is 9.97 Å². The Hall–Kier alpha value is -1.36. The molecule has 1 aliphatic rings. The fourth-order valence-electron chi connectivity index (χ4n) is 1.96. The Bertz CT molecular complexity index is 329. The molecular formula is C11H17N3O2. The van der Waals surface area contributed by atoms with Crippen molar-refractivity contribution in [2.45, 2.75) is 37.9 Å². The first kappa shape index (κ1) is 11.1. The maximum atomic E-state index is 5.68. The van der Waals surface area contributed by atoms with Crippen LogP contribution in [0.2, 0.25) is 0 Å². The third-order valence-corrected chi connectivity index (χ3v) is 2.83. The molecule has 0 aliphatic heterocycles. The van der Waals surface area contributed by atoms with E-state index in [0.29, 0.717) is 17.8 Å². The average molecular weight is 223 g/mol. The van der Waals surface area contributed by atoms with Gasteiger partial charge in [0.15, 0.2) is 0 Å². The molecule has 1 aliphatic carbocycles. The van der Waals surface area contributed by atoms with Gasteiger partial charge >= 0.3 is 6.01 Å². The second-order valence-electron chi connectivity index (χ2n) is 4.06. The minimum absolute atomic E-state index is 0.155. The van der Waals surface area contributed by atoms with Crippen molar-refractivity contribution in [3.8, 4) is 6.01 Å². The van der Waals surface area contributed by atoms with Crippen molar-refractivity contribution < 1.29 is 9.47 Å². The third-order valence-electron chi connectivity index (χ3n) is 2.83. The smallest absolute Gasteiger partial charge is 0.316 e. The normalized spacial score (nSPS) is 25.3. The van der Waals surface area contributed by atoms with Gasteiger partial charge in [0.1, 0.15) is 6.10 Å². The Morgan fingerprint density at radius 3 is 2.62 bits per heavy atom. The monoisotopic (exact) mass is 223 g/mol. The quantitative estimate of drug-likeness (QED) is 0.838. The average Bonchev–Trinajstić information content (AvgIpc) is 2.32. The Morgan fingerprint density at radius 2 is 1.94 bits per heavy atom. The minimum atomic E-state index is 0.155. The molecule has 2 N–H and O–H groups in total. The topological polar surface area (TPSA) is 70.3 Å². The molecule has 16 heavy (non-hydrogen) atoms. The van der Waals surface area contributed by atoms with E-state index in [0.717, 1.165) is 25.7 Å². The van der Waals surface area contributed by atoms with E-state index >= 15 is 0 Å². The number of anilines is 1. The molecule has 88 valence electrons. The van der Waals surface area contributed by atoms with Gasteiger partial charge in [0, 0.05) is 13.5 Å². The molecule has 5 heteroatoms. The Labute approximate surface area is 95.0 Å². The summed E-state index contributed by atoms with van der Waals surface area (Å²) in [7, 11) is 1.74. The van der Waals surface area contributed by atoms with E-state index in [1.807, 2.05) is 0 Å². The van der Waals surface area contributed by atoms with Crippen LogP contribution in [0, 0.1) is 0 Å². The van der Waals surface area contributed by atoms with Gasteiger partial charge in [-0.25, -0.2) is 9.97 Å². The number of nitrogens with zero attached hydrogens (tertiary/aromatic N) is 2. The van der Waals surface area contributed by atoms with Crippen LogP contribution in [-0.4, -0.2) is 29.3 Å². The number of aromatic nitrogens is 2. The molecule has 1 fully saturated rings. The molecule has 0 bridgehead atoms. The van der Waals surface area contributed by atoms with Crippen LogP contribution in [-0.2, 0) is 4.74 Å². The summed E-state index contributed by atoms with van der Waals surface area (Å²) in [6.07, 6.45) is 7.74. The SMILES string of the molecule is COC1CCCC(Oc2ncc(N)cn2)C1. The first-order chi connectivity index (χ1) is 7.78. The maximum Gasteiger partial charge on any atom is 0.316 e. The molecule has 2 unspecified atom stereocenters. The number of nitrogen functional groups attached to an aromatic ring is 1. The van der Waals surface area contributed by atoms with E-state index in [4.69, 9.17) is 15.2 Å². The molecule has 0 saturated heterocycles. The molecule has 2 rings (SSSR count). The zero-order valence-electron chi connectivity index (χ0n) is 9.43. The lowest BCUT2D eigenvalue weighted by molar-refractivity contribution is 0.0179. The van der Waals surface area contributed by atoms with E-state index in [9.17, 15) is 0 Å². The molecule has 5 nitrogen and oxygen atoms in total. The fourth-order valence-corrected chi connectivity index (χ4v) is 1.96. The predicted octanol–water partition coefficient (Wildman–Crippen LogP) is 1.40. The summed E-state index contributed by atoms with van der Waals surface area (Å²) < 4.78 is 11.0. The van der Waals surface area contributed by atoms with Gasteiger partial charge in [0.2, 0.25) is 0 Å². The van der Waals surface area contributed by atoms with E-state index in [2.05, 4.69) is 9.97 Å². The van der Waals surface area contributed by atoms with Crippen molar-refractivity contribution in [1.29, 1.82) is 0 Å². The Morgan fingerprint density at radius 1 is 1.25 bits per heavy atom. The predicted molar refractivity (Wildman–Crippen MR) is 60.1 cm³/mol. The summed E-state index contributed by atoms with van der Waals surface area (Å²) in [5, 5.41) is 0. The van der Waals surface area contributed by atoms with Crippen LogP contribution < -0.4 is 10.5 Å². The fraction of sp³-hybridized carbons (Fsp3) is 0.636. The first-order valence-corrected chi connectivity index (χ1v) is 5.55. The van der Waals surface area contributed by atoms with E-state index in [1.165, 1.54) is 0 Å². The molecule has 0 amide bonds. The summed E-state index contributed by atoms with van der Waals surface area (Å²) in [6.45, 7) is 0. The summed E-state index contributed by atoms with van der Waals surface area (Å²) >= 11 is 0. The van der Waals surface area contributed by atoms with Gasteiger partial charge in [-0.1, -0.05) is 0 Å². The highest BCUT2D eigenvalue weighted by molar-refractivity contribution is 5.30. The van der Waals surface area contributed by atoms with Crippen LogP contribution in [0.25, 0.3) is 0 Å². The maximum absolute atomic E-state index is 5.68. The zero-order chi connectivity index (χ0) is 11.4. The standard InChI is InChI=1S/C11H17N3O2/c1-15-9-3-2-4-10(5-9)16-11-13-6-8(12)7-14-11/h6-7,9-10H,2-5,12H2,1H3. The lowest BCUT2D eigenvalue weighted by Crippen LogP contribution is -2.29. The van der Waals surface area contributed by atoms with Crippen molar-refractivity contribution in [2.24, 2.45) is 0 Å². The van der Waals surface area contributed by atoms with Gasteiger partial charge in [0.25, 0.3) is 0 Å². The minimum Gasteiger partial charge on any atom is -0.460 e. The molecule has 1 aromatic rings. The van der Waals surface area contributed by atoms with Gasteiger partial charge < -0.3 is 15.2 Å². The summed E-state index contributed by atoms with van der Waals surface area (Å²) in [6, 6.07) is 0.399. The van der Waals surface area contributed by atoms with Crippen LogP contribution in [0.4, 0.5) is 5.69 Å². The number of hydrogen-bond acceptors (Lipinski definition) is 5. The third kappa shape index (κ3) is 2.82. The Balaban J connectivity index is 1.91. The van der Waals surface area contributed by atoms with Crippen LogP contribution in [0.15, 0.2) is 12.4 Å². The number of methoxy groups -OCH3 is 1. The summed E-state index contributed by atoms with van der Waals surface area (Å²) in [4.78, 5) is 8.05. The lowest BCUT2D eigenvalue weighted by Gasteiger charge is -2.27. The number of rotatable bonds is 3.